The zero-order chi connectivity index (χ0) is 16.8. The van der Waals surface area contributed by atoms with E-state index in [1.165, 1.54) is 0 Å². The molecule has 1 aromatic carbocycles. The molecular formula is C16H20ClN3O3. The van der Waals surface area contributed by atoms with Gasteiger partial charge in [0, 0.05) is 20.2 Å². The third-order valence-electron chi connectivity index (χ3n) is 2.95. The first kappa shape index (κ1) is 17.1. The van der Waals surface area contributed by atoms with Crippen LogP contribution in [0.15, 0.2) is 16.7 Å². The number of nitrogens with zero attached hydrogens (tertiary/aromatic N) is 3. The molecule has 0 radical (unpaired) electrons. The van der Waals surface area contributed by atoms with Gasteiger partial charge < -0.3 is 18.9 Å². The molecule has 0 bridgehead atoms. The van der Waals surface area contributed by atoms with Crippen molar-refractivity contribution in [1.82, 2.24) is 10.1 Å². The van der Waals surface area contributed by atoms with Gasteiger partial charge in [0.15, 0.2) is 11.5 Å². The average molecular weight is 338 g/mol. The van der Waals surface area contributed by atoms with Crippen molar-refractivity contribution in [3.8, 4) is 11.5 Å². The number of aromatic nitrogens is 2. The van der Waals surface area contributed by atoms with Crippen LogP contribution in [0.4, 0.5) is 5.95 Å². The molecule has 1 aromatic heterocycles. The molecule has 0 N–H and O–H groups in total. The van der Waals surface area contributed by atoms with Crippen LogP contribution >= 0.6 is 11.6 Å². The number of halogens is 1. The fourth-order valence-electron chi connectivity index (χ4n) is 1.82. The Kier molecular flexibility index (Phi) is 5.87. The average Bonchev–Trinajstić information content (AvgIpc) is 3.00. The van der Waals surface area contributed by atoms with Crippen molar-refractivity contribution in [2.45, 2.75) is 13.3 Å². The van der Waals surface area contributed by atoms with Gasteiger partial charge in [0.25, 0.3) is 11.8 Å². The second-order valence-corrected chi connectivity index (χ2v) is 5.45. The molecule has 6 nitrogen and oxygen atoms in total. The van der Waals surface area contributed by atoms with E-state index in [1.54, 1.807) is 24.2 Å². The van der Waals surface area contributed by atoms with Gasteiger partial charge in [-0.3, -0.25) is 0 Å². The smallest absolute Gasteiger partial charge is 0.265 e. The third-order valence-corrected chi connectivity index (χ3v) is 3.23. The van der Waals surface area contributed by atoms with Gasteiger partial charge in [-0.1, -0.05) is 18.5 Å². The van der Waals surface area contributed by atoms with E-state index < -0.39 is 0 Å². The molecule has 23 heavy (non-hydrogen) atoms. The lowest BCUT2D eigenvalue weighted by atomic mass is 10.2. The SMILES string of the molecule is CCCOc1c(Cl)cc(C=Cc2nc(N(C)C)no2)cc1OC. The zero-order valence-corrected chi connectivity index (χ0v) is 14.4. The van der Waals surface area contributed by atoms with E-state index in [1.807, 2.05) is 33.2 Å². The van der Waals surface area contributed by atoms with Gasteiger partial charge in [-0.25, -0.2) is 0 Å². The van der Waals surface area contributed by atoms with E-state index in [0.29, 0.717) is 35.0 Å². The van der Waals surface area contributed by atoms with Gasteiger partial charge in [-0.15, -0.1) is 0 Å². The van der Waals surface area contributed by atoms with E-state index in [4.69, 9.17) is 25.6 Å². The fraction of sp³-hybridized carbons (Fsp3) is 0.375. The summed E-state index contributed by atoms with van der Waals surface area (Å²) in [5.74, 6) is 2.07. The number of hydrogen-bond donors (Lipinski definition) is 0. The van der Waals surface area contributed by atoms with Crippen molar-refractivity contribution in [1.29, 1.82) is 0 Å². The Labute approximate surface area is 140 Å². The summed E-state index contributed by atoms with van der Waals surface area (Å²) in [4.78, 5) is 5.98. The van der Waals surface area contributed by atoms with Gasteiger partial charge in [-0.05, 0) is 35.3 Å². The van der Waals surface area contributed by atoms with E-state index in [0.717, 1.165) is 12.0 Å². The molecule has 0 amide bonds. The molecule has 0 saturated heterocycles. The molecule has 124 valence electrons. The Morgan fingerprint density at radius 3 is 2.70 bits per heavy atom. The highest BCUT2D eigenvalue weighted by atomic mass is 35.5. The molecule has 0 spiro atoms. The van der Waals surface area contributed by atoms with Crippen molar-refractivity contribution in [2.75, 3.05) is 32.7 Å². The monoisotopic (exact) mass is 337 g/mol. The van der Waals surface area contributed by atoms with Crippen LogP contribution in [0.25, 0.3) is 12.2 Å². The number of methoxy groups -OCH3 is 1. The Morgan fingerprint density at radius 2 is 2.09 bits per heavy atom. The highest BCUT2D eigenvalue weighted by Gasteiger charge is 2.11. The quantitative estimate of drug-likeness (QED) is 0.766. The molecule has 0 atom stereocenters. The van der Waals surface area contributed by atoms with Crippen LogP contribution in [-0.4, -0.2) is 38.0 Å². The van der Waals surface area contributed by atoms with Gasteiger partial charge >= 0.3 is 0 Å². The Balaban J connectivity index is 2.22. The first-order valence-corrected chi connectivity index (χ1v) is 7.62. The van der Waals surface area contributed by atoms with Crippen molar-refractivity contribution >= 4 is 29.7 Å². The summed E-state index contributed by atoms with van der Waals surface area (Å²) < 4.78 is 16.1. The van der Waals surface area contributed by atoms with Crippen molar-refractivity contribution in [3.63, 3.8) is 0 Å². The Morgan fingerprint density at radius 1 is 1.30 bits per heavy atom. The van der Waals surface area contributed by atoms with Gasteiger partial charge in [0.05, 0.1) is 18.7 Å². The lowest BCUT2D eigenvalue weighted by molar-refractivity contribution is 0.294. The summed E-state index contributed by atoms with van der Waals surface area (Å²) in [5.41, 5.74) is 0.848. The number of rotatable bonds is 7. The first-order valence-electron chi connectivity index (χ1n) is 7.24. The minimum atomic E-state index is 0.412. The lowest BCUT2D eigenvalue weighted by Crippen LogP contribution is -2.09. The summed E-state index contributed by atoms with van der Waals surface area (Å²) in [5, 5.41) is 4.34. The molecule has 2 aromatic rings. The zero-order valence-electron chi connectivity index (χ0n) is 13.7. The van der Waals surface area contributed by atoms with Gasteiger partial charge in [0.1, 0.15) is 0 Å². The lowest BCUT2D eigenvalue weighted by Gasteiger charge is -2.12. The maximum absolute atomic E-state index is 6.28. The fourth-order valence-corrected chi connectivity index (χ4v) is 2.10. The largest absolute Gasteiger partial charge is 0.493 e. The topological polar surface area (TPSA) is 60.6 Å². The summed E-state index contributed by atoms with van der Waals surface area (Å²) in [6, 6.07) is 3.64. The maximum Gasteiger partial charge on any atom is 0.265 e. The normalized spacial score (nSPS) is 11.0. The van der Waals surface area contributed by atoms with Crippen LogP contribution < -0.4 is 14.4 Å². The Hall–Kier alpha value is -2.21. The summed E-state index contributed by atoms with van der Waals surface area (Å²) >= 11 is 6.28. The second kappa shape index (κ2) is 7.87. The Bertz CT molecular complexity index is 683. The molecule has 2 rings (SSSR count). The van der Waals surface area contributed by atoms with E-state index >= 15 is 0 Å². The van der Waals surface area contributed by atoms with Crippen molar-refractivity contribution < 1.29 is 14.0 Å². The molecule has 0 fully saturated rings. The van der Waals surface area contributed by atoms with E-state index in [2.05, 4.69) is 10.1 Å². The molecule has 7 heteroatoms. The van der Waals surface area contributed by atoms with Gasteiger partial charge in [-0.2, -0.15) is 4.98 Å². The standard InChI is InChI=1S/C16H20ClN3O3/c1-5-8-22-15-12(17)9-11(10-13(15)21-4)6-7-14-18-16(19-23-14)20(2)3/h6-7,9-10H,5,8H2,1-4H3. The minimum absolute atomic E-state index is 0.412. The van der Waals surface area contributed by atoms with E-state index in [-0.39, 0.29) is 0 Å². The van der Waals surface area contributed by atoms with E-state index in [9.17, 15) is 0 Å². The number of ether oxygens (including phenoxy) is 2. The summed E-state index contributed by atoms with van der Waals surface area (Å²) in [6.07, 6.45) is 4.44. The predicted molar refractivity (Wildman–Crippen MR) is 91.3 cm³/mol. The highest BCUT2D eigenvalue weighted by molar-refractivity contribution is 6.32. The first-order chi connectivity index (χ1) is 11.0. The maximum atomic E-state index is 6.28. The van der Waals surface area contributed by atoms with Crippen LogP contribution in [0.3, 0.4) is 0 Å². The molecule has 0 aliphatic heterocycles. The predicted octanol–water partition coefficient (Wildman–Crippen LogP) is 3.76. The second-order valence-electron chi connectivity index (χ2n) is 5.04. The highest BCUT2D eigenvalue weighted by Crippen LogP contribution is 2.37. The third kappa shape index (κ3) is 4.39. The molecule has 1 heterocycles. The minimum Gasteiger partial charge on any atom is -0.493 e. The number of hydrogen-bond acceptors (Lipinski definition) is 6. The van der Waals surface area contributed by atoms with Gasteiger partial charge in [0.2, 0.25) is 0 Å². The summed E-state index contributed by atoms with van der Waals surface area (Å²) in [6.45, 7) is 2.62. The van der Waals surface area contributed by atoms with Crippen molar-refractivity contribution in [2.24, 2.45) is 0 Å². The van der Waals surface area contributed by atoms with Crippen LogP contribution in [-0.2, 0) is 0 Å². The molecule has 0 saturated carbocycles. The van der Waals surface area contributed by atoms with Crippen molar-refractivity contribution in [3.05, 3.63) is 28.6 Å². The molecule has 0 aliphatic carbocycles. The number of benzene rings is 1. The van der Waals surface area contributed by atoms with Crippen LogP contribution in [0.2, 0.25) is 5.02 Å². The number of anilines is 1. The summed E-state index contributed by atoms with van der Waals surface area (Å²) in [7, 11) is 5.27. The molecule has 0 aliphatic rings. The molecule has 0 unspecified atom stereocenters. The van der Waals surface area contributed by atoms with Crippen LogP contribution in [0, 0.1) is 0 Å². The van der Waals surface area contributed by atoms with Crippen LogP contribution in [0.1, 0.15) is 24.8 Å². The molecular weight excluding hydrogens is 318 g/mol. The van der Waals surface area contributed by atoms with Crippen LogP contribution in [0.5, 0.6) is 11.5 Å².